The maximum Gasteiger partial charge on any atom is 0.531 e. The molecule has 232 valence electrons. The number of hydrogen-bond acceptors (Lipinski definition) is 10. The minimum absolute atomic E-state index is 0.0174. The van der Waals surface area contributed by atoms with Gasteiger partial charge in [0.05, 0.1) is 36.7 Å². The van der Waals surface area contributed by atoms with E-state index in [0.717, 1.165) is 6.26 Å². The Hall–Kier alpha value is -1.69. The molecule has 0 spiro atoms. The molecule has 0 fully saturated rings. The minimum atomic E-state index is -4.23. The Morgan fingerprint density at radius 1 is 0.925 bits per heavy atom. The Labute approximate surface area is 240 Å². The highest BCUT2D eigenvalue weighted by Gasteiger charge is 2.39. The molecule has 0 aliphatic heterocycles. The highest BCUT2D eigenvalue weighted by molar-refractivity contribution is 7.85. The van der Waals surface area contributed by atoms with Crippen LogP contribution in [0.2, 0.25) is 0 Å². The molecule has 40 heavy (non-hydrogen) atoms. The minimum Gasteiger partial charge on any atom is -0.444 e. The van der Waals surface area contributed by atoms with Gasteiger partial charge in [0, 0.05) is 11.1 Å². The summed E-state index contributed by atoms with van der Waals surface area (Å²) in [4.78, 5) is 14.3. The van der Waals surface area contributed by atoms with Gasteiger partial charge in [-0.2, -0.15) is 8.42 Å². The topological polar surface area (TPSA) is 138 Å². The molecule has 1 N–H and O–H groups in total. The van der Waals surface area contributed by atoms with E-state index >= 15 is 0 Å². The predicted molar refractivity (Wildman–Crippen MR) is 154 cm³/mol. The summed E-state index contributed by atoms with van der Waals surface area (Å²) in [6.07, 6.45) is -0.898. The molecule has 0 saturated carbocycles. The number of phosphoric acid groups is 1. The van der Waals surface area contributed by atoms with Crippen LogP contribution in [0.25, 0.3) is 0 Å². The van der Waals surface area contributed by atoms with Gasteiger partial charge in [0.15, 0.2) is 0 Å². The monoisotopic (exact) mass is 609 g/mol. The number of carbonyl (C=O) groups excluding carboxylic acids is 1. The van der Waals surface area contributed by atoms with Gasteiger partial charge in [0.25, 0.3) is 10.1 Å². The summed E-state index contributed by atoms with van der Waals surface area (Å²) in [5, 5.41) is 11.1. The first-order valence-electron chi connectivity index (χ1n) is 13.0. The van der Waals surface area contributed by atoms with Crippen LogP contribution in [0.3, 0.4) is 0 Å². The van der Waals surface area contributed by atoms with E-state index in [4.69, 9.17) is 22.5 Å². The molecular formula is C27H48NO10PS. The van der Waals surface area contributed by atoms with Crippen molar-refractivity contribution in [2.24, 2.45) is 0 Å². The number of phosphoric ester groups is 1. The second-order valence-corrected chi connectivity index (χ2v) is 16.6. The van der Waals surface area contributed by atoms with Gasteiger partial charge in [-0.15, -0.1) is 0 Å². The Morgan fingerprint density at radius 3 is 1.82 bits per heavy atom. The molecule has 0 saturated heterocycles. The normalized spacial score (nSPS) is 14.6. The molecule has 0 aliphatic carbocycles. The number of aliphatic hydroxyl groups is 1. The van der Waals surface area contributed by atoms with Crippen molar-refractivity contribution >= 4 is 24.0 Å². The van der Waals surface area contributed by atoms with Crippen molar-refractivity contribution in [2.45, 2.75) is 118 Å². The molecule has 1 amide bonds. The van der Waals surface area contributed by atoms with Crippen molar-refractivity contribution in [3.63, 3.8) is 0 Å². The summed E-state index contributed by atoms with van der Waals surface area (Å²) in [6, 6.07) is 4.39. The predicted octanol–water partition coefficient (Wildman–Crippen LogP) is 6.35. The fourth-order valence-electron chi connectivity index (χ4n) is 3.24. The van der Waals surface area contributed by atoms with Crippen LogP contribution in [-0.4, -0.2) is 59.7 Å². The Kier molecular flexibility index (Phi) is 11.5. The maximum absolute atomic E-state index is 13.7. The average Bonchev–Trinajstić information content (AvgIpc) is 2.64. The van der Waals surface area contributed by atoms with Gasteiger partial charge in [-0.25, -0.2) is 9.36 Å². The van der Waals surface area contributed by atoms with Gasteiger partial charge in [-0.3, -0.25) is 13.2 Å². The molecule has 13 heteroatoms. The molecule has 0 aliphatic rings. The number of β-amino-alcohol motifs (C(OH)–C–C–N with tert-alkyl or cyclic N) is 1. The summed E-state index contributed by atoms with van der Waals surface area (Å²) in [5.74, 6) is -0.0174. The van der Waals surface area contributed by atoms with Crippen LogP contribution in [0.5, 0.6) is 5.75 Å². The third kappa shape index (κ3) is 13.8. The lowest BCUT2D eigenvalue weighted by atomic mass is 10.0. The van der Waals surface area contributed by atoms with E-state index < -0.39 is 59.1 Å². The molecule has 1 rings (SSSR count). The molecule has 0 radical (unpaired) electrons. The van der Waals surface area contributed by atoms with Gasteiger partial charge >= 0.3 is 13.9 Å². The first-order valence-corrected chi connectivity index (χ1v) is 16.2. The summed E-state index contributed by atoms with van der Waals surface area (Å²) < 4.78 is 64.9. The van der Waals surface area contributed by atoms with Crippen LogP contribution in [-0.2, 0) is 39.3 Å². The molecule has 11 nitrogen and oxygen atoms in total. The van der Waals surface area contributed by atoms with Crippen LogP contribution < -0.4 is 4.52 Å². The first kappa shape index (κ1) is 36.3. The van der Waals surface area contributed by atoms with Crippen LogP contribution in [0.1, 0.15) is 100 Å². The number of ether oxygens (including phenoxy) is 1. The SMILES string of the molecule is CC(C)(C)OC(=O)N(CC(O)c1ccc(OP(=O)(OC(C)(C)C)OC(C)(C)C)c(COS(C)(=O)=O)c1)C(C)(C)C. The number of carbonyl (C=O) groups is 1. The quantitative estimate of drug-likeness (QED) is 0.236. The van der Waals surface area contributed by atoms with Gasteiger partial charge in [0.1, 0.15) is 11.4 Å². The second kappa shape index (κ2) is 12.7. The molecule has 1 unspecified atom stereocenters. The second-order valence-electron chi connectivity index (χ2n) is 13.6. The largest absolute Gasteiger partial charge is 0.531 e. The number of hydrogen-bond donors (Lipinski definition) is 1. The van der Waals surface area contributed by atoms with Gasteiger partial charge < -0.3 is 19.3 Å². The summed E-state index contributed by atoms with van der Waals surface area (Å²) in [5.41, 5.74) is -2.73. The van der Waals surface area contributed by atoms with Crippen LogP contribution in [0.15, 0.2) is 18.2 Å². The van der Waals surface area contributed by atoms with Crippen molar-refractivity contribution < 1.29 is 45.4 Å². The lowest BCUT2D eigenvalue weighted by Crippen LogP contribution is -2.49. The molecule has 1 aromatic rings. The zero-order valence-electron chi connectivity index (χ0n) is 26.1. The van der Waals surface area contributed by atoms with E-state index in [-0.39, 0.29) is 17.9 Å². The molecule has 0 bridgehead atoms. The zero-order valence-corrected chi connectivity index (χ0v) is 27.9. The van der Waals surface area contributed by atoms with Gasteiger partial charge in [-0.05, 0) is 101 Å². The van der Waals surface area contributed by atoms with E-state index in [1.165, 1.54) is 23.1 Å². The summed E-state index contributed by atoms with van der Waals surface area (Å²) in [6.45, 7) is 20.2. The van der Waals surface area contributed by atoms with Gasteiger partial charge in [-0.1, -0.05) is 6.07 Å². The van der Waals surface area contributed by atoms with E-state index in [1.807, 2.05) is 20.8 Å². The standard InChI is InChI=1S/C27H48NO10PS/c1-24(2,3)28(23(30)35-25(4,5)6)17-21(29)19-14-15-22(20(16-19)18-34-40(13,32)33)36-39(31,37-26(7,8)9)38-27(10,11)12/h14-16,21,29H,17-18H2,1-13H3. The van der Waals surface area contributed by atoms with Crippen molar-refractivity contribution in [3.8, 4) is 5.75 Å². The van der Waals surface area contributed by atoms with E-state index in [2.05, 4.69) is 0 Å². The van der Waals surface area contributed by atoms with Crippen molar-refractivity contribution in [3.05, 3.63) is 29.3 Å². The van der Waals surface area contributed by atoms with Crippen LogP contribution >= 0.6 is 7.82 Å². The lowest BCUT2D eigenvalue weighted by Gasteiger charge is -2.38. The third-order valence-electron chi connectivity index (χ3n) is 4.66. The van der Waals surface area contributed by atoms with Crippen molar-refractivity contribution in [2.75, 3.05) is 12.8 Å². The average molecular weight is 610 g/mol. The number of rotatable bonds is 10. The smallest absolute Gasteiger partial charge is 0.444 e. The third-order valence-corrected chi connectivity index (χ3v) is 7.17. The zero-order chi connectivity index (χ0) is 31.5. The summed E-state index contributed by atoms with van der Waals surface area (Å²) in [7, 11) is -8.09. The van der Waals surface area contributed by atoms with Crippen LogP contribution in [0, 0.1) is 0 Å². The number of amides is 1. The molecule has 0 heterocycles. The fourth-order valence-corrected chi connectivity index (χ4v) is 5.46. The molecular weight excluding hydrogens is 561 g/mol. The Bertz CT molecular complexity index is 1150. The molecule has 0 aromatic heterocycles. The number of aliphatic hydroxyl groups excluding tert-OH is 1. The Morgan fingerprint density at radius 2 is 1.43 bits per heavy atom. The van der Waals surface area contributed by atoms with E-state index in [1.54, 1.807) is 62.3 Å². The van der Waals surface area contributed by atoms with Crippen molar-refractivity contribution in [1.29, 1.82) is 0 Å². The van der Waals surface area contributed by atoms with Crippen LogP contribution in [0.4, 0.5) is 4.79 Å². The number of benzene rings is 1. The highest BCUT2D eigenvalue weighted by atomic mass is 32.2. The summed E-state index contributed by atoms with van der Waals surface area (Å²) >= 11 is 0. The lowest BCUT2D eigenvalue weighted by molar-refractivity contribution is -0.00793. The molecule has 1 atom stereocenters. The highest BCUT2D eigenvalue weighted by Crippen LogP contribution is 2.55. The van der Waals surface area contributed by atoms with E-state index in [9.17, 15) is 22.9 Å². The first-order chi connectivity index (χ1) is 17.6. The van der Waals surface area contributed by atoms with E-state index in [0.29, 0.717) is 5.56 Å². The van der Waals surface area contributed by atoms with Crippen molar-refractivity contribution in [1.82, 2.24) is 4.90 Å². The van der Waals surface area contributed by atoms with Gasteiger partial charge in [0.2, 0.25) is 0 Å². The number of nitrogens with zero attached hydrogens (tertiary/aromatic N) is 1. The molecule has 1 aromatic carbocycles. The maximum atomic E-state index is 13.7. The fraction of sp³-hybridized carbons (Fsp3) is 0.741. The Balaban J connectivity index is 3.50.